The largest absolute Gasteiger partial charge is 0.317 e. The summed E-state index contributed by atoms with van der Waals surface area (Å²) >= 11 is 0. The van der Waals surface area contributed by atoms with E-state index in [1.807, 2.05) is 6.92 Å². The third-order valence-corrected chi connectivity index (χ3v) is 5.74. The van der Waals surface area contributed by atoms with Gasteiger partial charge in [-0.1, -0.05) is 12.8 Å². The van der Waals surface area contributed by atoms with E-state index in [2.05, 4.69) is 10.0 Å². The SMILES string of the molecule is CC1(NS(=O)(=O)CC2CCNCC2)CCCC1. The maximum absolute atomic E-state index is 12.1. The molecule has 100 valence electrons. The van der Waals surface area contributed by atoms with Crippen molar-refractivity contribution >= 4 is 10.0 Å². The van der Waals surface area contributed by atoms with Crippen molar-refractivity contribution in [3.05, 3.63) is 0 Å². The van der Waals surface area contributed by atoms with Crippen LogP contribution in [0.1, 0.15) is 45.4 Å². The third kappa shape index (κ3) is 3.93. The molecule has 1 heterocycles. The molecule has 1 saturated heterocycles. The molecule has 17 heavy (non-hydrogen) atoms. The van der Waals surface area contributed by atoms with Crippen LogP contribution in [0.3, 0.4) is 0 Å². The summed E-state index contributed by atoms with van der Waals surface area (Å²) in [5.74, 6) is 0.642. The Morgan fingerprint density at radius 1 is 1.24 bits per heavy atom. The number of hydrogen-bond donors (Lipinski definition) is 2. The molecular weight excluding hydrogens is 236 g/mol. The number of piperidine rings is 1. The van der Waals surface area contributed by atoms with Crippen molar-refractivity contribution in [3.63, 3.8) is 0 Å². The zero-order valence-corrected chi connectivity index (χ0v) is 11.5. The smallest absolute Gasteiger partial charge is 0.212 e. The van der Waals surface area contributed by atoms with Gasteiger partial charge in [0.05, 0.1) is 5.75 Å². The van der Waals surface area contributed by atoms with Crippen LogP contribution in [0.4, 0.5) is 0 Å². The fourth-order valence-electron chi connectivity index (χ4n) is 3.03. The second-order valence-corrected chi connectivity index (χ2v) is 7.61. The van der Waals surface area contributed by atoms with E-state index in [0.29, 0.717) is 11.7 Å². The van der Waals surface area contributed by atoms with Gasteiger partial charge in [0.2, 0.25) is 10.0 Å². The molecule has 0 bridgehead atoms. The van der Waals surface area contributed by atoms with Gasteiger partial charge in [-0.25, -0.2) is 13.1 Å². The maximum Gasteiger partial charge on any atom is 0.212 e. The summed E-state index contributed by atoms with van der Waals surface area (Å²) < 4.78 is 27.2. The van der Waals surface area contributed by atoms with E-state index in [0.717, 1.165) is 51.6 Å². The van der Waals surface area contributed by atoms with Crippen LogP contribution < -0.4 is 10.0 Å². The topological polar surface area (TPSA) is 58.2 Å². The van der Waals surface area contributed by atoms with Crippen molar-refractivity contribution in [3.8, 4) is 0 Å². The Balaban J connectivity index is 1.89. The predicted octanol–water partition coefficient (Wildman–Crippen LogP) is 1.24. The molecule has 0 radical (unpaired) electrons. The molecule has 5 heteroatoms. The summed E-state index contributed by atoms with van der Waals surface area (Å²) in [6.45, 7) is 3.95. The summed E-state index contributed by atoms with van der Waals surface area (Å²) in [5.41, 5.74) is -0.175. The van der Waals surface area contributed by atoms with Gasteiger partial charge in [-0.2, -0.15) is 0 Å². The van der Waals surface area contributed by atoms with Crippen LogP contribution in [0, 0.1) is 5.92 Å². The minimum atomic E-state index is -3.10. The van der Waals surface area contributed by atoms with Crippen LogP contribution in [0.5, 0.6) is 0 Å². The highest BCUT2D eigenvalue weighted by molar-refractivity contribution is 7.89. The summed E-state index contributed by atoms with van der Waals surface area (Å²) in [6, 6.07) is 0. The van der Waals surface area contributed by atoms with Crippen molar-refractivity contribution in [2.24, 2.45) is 5.92 Å². The lowest BCUT2D eigenvalue weighted by Gasteiger charge is -2.28. The zero-order valence-electron chi connectivity index (χ0n) is 10.7. The Bertz CT molecular complexity index is 342. The first-order chi connectivity index (χ1) is 7.99. The molecule has 0 aromatic carbocycles. The molecule has 0 spiro atoms. The average Bonchev–Trinajstić information content (AvgIpc) is 2.64. The lowest BCUT2D eigenvalue weighted by atomic mass is 10.0. The van der Waals surface area contributed by atoms with Gasteiger partial charge in [-0.3, -0.25) is 0 Å². The van der Waals surface area contributed by atoms with Crippen LogP contribution in [-0.4, -0.2) is 32.8 Å². The van der Waals surface area contributed by atoms with E-state index in [-0.39, 0.29) is 5.54 Å². The number of hydrogen-bond acceptors (Lipinski definition) is 3. The highest BCUT2D eigenvalue weighted by atomic mass is 32.2. The van der Waals surface area contributed by atoms with E-state index in [4.69, 9.17) is 0 Å². The second kappa shape index (κ2) is 5.24. The van der Waals surface area contributed by atoms with Gasteiger partial charge < -0.3 is 5.32 Å². The van der Waals surface area contributed by atoms with E-state index < -0.39 is 10.0 Å². The molecule has 0 atom stereocenters. The summed E-state index contributed by atoms with van der Waals surface area (Å²) in [4.78, 5) is 0. The fourth-order valence-corrected chi connectivity index (χ4v) is 5.03. The van der Waals surface area contributed by atoms with Gasteiger partial charge in [-0.15, -0.1) is 0 Å². The molecule has 0 amide bonds. The van der Waals surface area contributed by atoms with Crippen molar-refractivity contribution in [2.45, 2.75) is 51.0 Å². The minimum Gasteiger partial charge on any atom is -0.317 e. The van der Waals surface area contributed by atoms with Crippen molar-refractivity contribution < 1.29 is 8.42 Å². The average molecular weight is 260 g/mol. The Kier molecular flexibility index (Phi) is 4.10. The van der Waals surface area contributed by atoms with Crippen molar-refractivity contribution in [1.29, 1.82) is 0 Å². The number of rotatable bonds is 4. The second-order valence-electron chi connectivity index (χ2n) is 5.84. The molecule has 0 aromatic rings. The standard InChI is InChI=1S/C12H24N2O2S/c1-12(6-2-3-7-12)14-17(15,16)10-11-4-8-13-9-5-11/h11,13-14H,2-10H2,1H3. The highest BCUT2D eigenvalue weighted by Gasteiger charge is 2.33. The monoisotopic (exact) mass is 260 g/mol. The van der Waals surface area contributed by atoms with Crippen LogP contribution in [0.2, 0.25) is 0 Å². The maximum atomic E-state index is 12.1. The molecular formula is C12H24N2O2S. The summed E-state index contributed by atoms with van der Waals surface area (Å²) in [6.07, 6.45) is 6.23. The first kappa shape index (κ1) is 13.3. The first-order valence-corrected chi connectivity index (χ1v) is 8.37. The summed E-state index contributed by atoms with van der Waals surface area (Å²) in [7, 11) is -3.10. The molecule has 1 aliphatic carbocycles. The van der Waals surface area contributed by atoms with E-state index in [9.17, 15) is 8.42 Å². The van der Waals surface area contributed by atoms with Crippen LogP contribution in [0.15, 0.2) is 0 Å². The molecule has 0 aromatic heterocycles. The molecule has 1 saturated carbocycles. The third-order valence-electron chi connectivity index (χ3n) is 4.02. The van der Waals surface area contributed by atoms with Crippen LogP contribution >= 0.6 is 0 Å². The quantitative estimate of drug-likeness (QED) is 0.799. The normalized spacial score (nSPS) is 26.2. The molecule has 2 N–H and O–H groups in total. The first-order valence-electron chi connectivity index (χ1n) is 6.72. The zero-order chi connectivity index (χ0) is 12.4. The molecule has 2 rings (SSSR count). The van der Waals surface area contributed by atoms with Crippen LogP contribution in [-0.2, 0) is 10.0 Å². The summed E-state index contributed by atoms with van der Waals surface area (Å²) in [5, 5.41) is 3.27. The molecule has 2 aliphatic rings. The minimum absolute atomic E-state index is 0.175. The molecule has 2 fully saturated rings. The predicted molar refractivity (Wildman–Crippen MR) is 69.4 cm³/mol. The van der Waals surface area contributed by atoms with E-state index in [1.54, 1.807) is 0 Å². The van der Waals surface area contributed by atoms with E-state index >= 15 is 0 Å². The van der Waals surface area contributed by atoms with Gasteiger partial charge >= 0.3 is 0 Å². The van der Waals surface area contributed by atoms with Crippen LogP contribution in [0.25, 0.3) is 0 Å². The Morgan fingerprint density at radius 2 is 1.82 bits per heavy atom. The molecule has 1 aliphatic heterocycles. The lowest BCUT2D eigenvalue weighted by molar-refractivity contribution is 0.389. The Hall–Kier alpha value is -0.130. The molecule has 4 nitrogen and oxygen atoms in total. The van der Waals surface area contributed by atoms with Gasteiger partial charge in [0, 0.05) is 5.54 Å². The van der Waals surface area contributed by atoms with Crippen molar-refractivity contribution in [1.82, 2.24) is 10.0 Å². The van der Waals surface area contributed by atoms with Gasteiger partial charge in [0.25, 0.3) is 0 Å². The molecule has 0 unspecified atom stereocenters. The van der Waals surface area contributed by atoms with E-state index in [1.165, 1.54) is 0 Å². The number of nitrogens with one attached hydrogen (secondary N) is 2. The van der Waals surface area contributed by atoms with Gasteiger partial charge in [-0.05, 0) is 51.6 Å². The van der Waals surface area contributed by atoms with Crippen molar-refractivity contribution in [2.75, 3.05) is 18.8 Å². The van der Waals surface area contributed by atoms with Gasteiger partial charge in [0.15, 0.2) is 0 Å². The lowest BCUT2D eigenvalue weighted by Crippen LogP contribution is -2.46. The number of sulfonamides is 1. The fraction of sp³-hybridized carbons (Fsp3) is 1.00. The Morgan fingerprint density at radius 3 is 2.41 bits per heavy atom. The highest BCUT2D eigenvalue weighted by Crippen LogP contribution is 2.30. The Labute approximate surface area is 105 Å². The van der Waals surface area contributed by atoms with Gasteiger partial charge in [0.1, 0.15) is 0 Å².